The van der Waals surface area contributed by atoms with Crippen molar-refractivity contribution in [2.45, 2.75) is 161 Å². The summed E-state index contributed by atoms with van der Waals surface area (Å²) in [5.74, 6) is 2.26. The van der Waals surface area contributed by atoms with Crippen molar-refractivity contribution in [3.8, 4) is 0 Å². The molecule has 3 aromatic carbocycles. The Bertz CT molecular complexity index is 1100. The summed E-state index contributed by atoms with van der Waals surface area (Å²) in [5, 5.41) is 0. The van der Waals surface area contributed by atoms with Crippen LogP contribution in [0.5, 0.6) is 0 Å². The Morgan fingerprint density at radius 3 is 0.738 bits per heavy atom. The van der Waals surface area contributed by atoms with Gasteiger partial charge in [-0.15, -0.1) is 0 Å². The standard InChI is InChI=1S/C41H55S/c1-3-9-15-33(16-10-4-1)36-21-27-39(28-22-36)42(41-31-25-38(26-32-41)35-19-13-7-8-14-20-35)40-29-23-37(24-30-40)34-17-11-5-2-6-12-18-34/h21-35H,1-20H2/q+1. The zero-order chi connectivity index (χ0) is 28.4. The van der Waals surface area contributed by atoms with Crippen molar-refractivity contribution in [1.29, 1.82) is 0 Å². The van der Waals surface area contributed by atoms with E-state index < -0.39 is 0 Å². The molecule has 0 N–H and O–H groups in total. The van der Waals surface area contributed by atoms with Crippen LogP contribution >= 0.6 is 0 Å². The third-order valence-electron chi connectivity index (χ3n) is 10.8. The van der Waals surface area contributed by atoms with E-state index in [4.69, 9.17) is 0 Å². The molecule has 0 aliphatic heterocycles. The Balaban J connectivity index is 1.27. The summed E-state index contributed by atoms with van der Waals surface area (Å²) in [4.78, 5) is 4.43. The average Bonchev–Trinajstić information content (AvgIpc) is 3.29. The first kappa shape index (κ1) is 30.1. The first-order valence-corrected chi connectivity index (χ1v) is 19.1. The maximum Gasteiger partial charge on any atom is 0.166 e. The monoisotopic (exact) mass is 579 g/mol. The molecule has 1 heteroatoms. The Kier molecular flexibility index (Phi) is 11.2. The molecule has 6 rings (SSSR count). The number of hydrogen-bond acceptors (Lipinski definition) is 0. The van der Waals surface area contributed by atoms with Crippen LogP contribution in [-0.4, -0.2) is 0 Å². The second kappa shape index (κ2) is 15.7. The highest BCUT2D eigenvalue weighted by molar-refractivity contribution is 7.97. The van der Waals surface area contributed by atoms with E-state index in [9.17, 15) is 0 Å². The molecule has 42 heavy (non-hydrogen) atoms. The van der Waals surface area contributed by atoms with Crippen LogP contribution in [0.3, 0.4) is 0 Å². The minimum absolute atomic E-state index is 0.0701. The van der Waals surface area contributed by atoms with E-state index in [0.29, 0.717) is 0 Å². The van der Waals surface area contributed by atoms with Crippen molar-refractivity contribution in [3.05, 3.63) is 89.5 Å². The van der Waals surface area contributed by atoms with Gasteiger partial charge in [-0.05, 0) is 109 Å². The van der Waals surface area contributed by atoms with Crippen molar-refractivity contribution in [2.75, 3.05) is 0 Å². The van der Waals surface area contributed by atoms with Crippen LogP contribution in [0, 0.1) is 0 Å². The van der Waals surface area contributed by atoms with E-state index in [2.05, 4.69) is 72.8 Å². The molecule has 0 unspecified atom stereocenters. The van der Waals surface area contributed by atoms with Crippen molar-refractivity contribution in [3.63, 3.8) is 0 Å². The van der Waals surface area contributed by atoms with E-state index >= 15 is 0 Å². The van der Waals surface area contributed by atoms with Crippen LogP contribution in [0.15, 0.2) is 87.5 Å². The second-order valence-electron chi connectivity index (χ2n) is 13.8. The highest BCUT2D eigenvalue weighted by Crippen LogP contribution is 2.38. The fourth-order valence-corrected chi connectivity index (χ4v) is 10.3. The predicted octanol–water partition coefficient (Wildman–Crippen LogP) is 12.9. The van der Waals surface area contributed by atoms with Gasteiger partial charge in [-0.2, -0.15) is 0 Å². The van der Waals surface area contributed by atoms with Crippen molar-refractivity contribution in [1.82, 2.24) is 0 Å². The fourth-order valence-electron chi connectivity index (χ4n) is 8.23. The zero-order valence-electron chi connectivity index (χ0n) is 26.2. The van der Waals surface area contributed by atoms with Crippen molar-refractivity contribution >= 4 is 10.9 Å². The fraction of sp³-hybridized carbons (Fsp3) is 0.561. The lowest BCUT2D eigenvalue weighted by Crippen LogP contribution is -2.08. The summed E-state index contributed by atoms with van der Waals surface area (Å²) in [7, 11) is -0.0701. The van der Waals surface area contributed by atoms with E-state index in [0.717, 1.165) is 17.8 Å². The van der Waals surface area contributed by atoms with Crippen LogP contribution in [0.1, 0.15) is 163 Å². The molecule has 3 fully saturated rings. The molecule has 0 atom stereocenters. The minimum atomic E-state index is -0.0701. The van der Waals surface area contributed by atoms with Crippen LogP contribution < -0.4 is 0 Å². The largest absolute Gasteiger partial charge is 0.166 e. The van der Waals surface area contributed by atoms with Gasteiger partial charge < -0.3 is 0 Å². The number of hydrogen-bond donors (Lipinski definition) is 0. The summed E-state index contributed by atoms with van der Waals surface area (Å²) in [5.41, 5.74) is 4.73. The number of benzene rings is 3. The van der Waals surface area contributed by atoms with Gasteiger partial charge in [0.1, 0.15) is 0 Å². The lowest BCUT2D eigenvalue weighted by atomic mass is 9.86. The molecule has 0 spiro atoms. The summed E-state index contributed by atoms with van der Waals surface area (Å²) in [6.07, 6.45) is 28.0. The van der Waals surface area contributed by atoms with Crippen LogP contribution in [0.4, 0.5) is 0 Å². The molecule has 3 aliphatic rings. The lowest BCUT2D eigenvalue weighted by molar-refractivity contribution is 0.455. The van der Waals surface area contributed by atoms with E-state index in [-0.39, 0.29) is 10.9 Å². The second-order valence-corrected chi connectivity index (χ2v) is 15.8. The van der Waals surface area contributed by atoms with Gasteiger partial charge in [0.15, 0.2) is 14.7 Å². The molecule has 3 aromatic rings. The molecule has 0 aromatic heterocycles. The predicted molar refractivity (Wildman–Crippen MR) is 182 cm³/mol. The summed E-state index contributed by atoms with van der Waals surface area (Å²) in [6, 6.07) is 29.8. The quantitative estimate of drug-likeness (QED) is 0.201. The van der Waals surface area contributed by atoms with Crippen molar-refractivity contribution < 1.29 is 0 Å². The summed E-state index contributed by atoms with van der Waals surface area (Å²) >= 11 is 0. The van der Waals surface area contributed by atoms with E-state index in [1.807, 2.05) is 0 Å². The molecule has 224 valence electrons. The maximum absolute atomic E-state index is 2.49. The normalized spacial score (nSPS) is 20.8. The average molecular weight is 580 g/mol. The van der Waals surface area contributed by atoms with Gasteiger partial charge in [-0.1, -0.05) is 126 Å². The number of rotatable bonds is 6. The highest BCUT2D eigenvalue weighted by atomic mass is 32.2. The maximum atomic E-state index is 2.49. The Morgan fingerprint density at radius 2 is 0.500 bits per heavy atom. The lowest BCUT2D eigenvalue weighted by Gasteiger charge is -2.21. The third-order valence-corrected chi connectivity index (χ3v) is 13.1. The van der Waals surface area contributed by atoms with Gasteiger partial charge >= 0.3 is 0 Å². The first-order valence-electron chi connectivity index (χ1n) is 17.9. The zero-order valence-corrected chi connectivity index (χ0v) is 27.0. The first-order chi connectivity index (χ1) is 20.8. The Labute approximate surface area is 260 Å². The molecule has 0 nitrogen and oxygen atoms in total. The highest BCUT2D eigenvalue weighted by Gasteiger charge is 2.30. The van der Waals surface area contributed by atoms with Gasteiger partial charge in [0.2, 0.25) is 0 Å². The molecule has 0 saturated heterocycles. The van der Waals surface area contributed by atoms with Gasteiger partial charge in [-0.3, -0.25) is 0 Å². The van der Waals surface area contributed by atoms with Crippen LogP contribution in [0.25, 0.3) is 0 Å². The molecular weight excluding hydrogens is 525 g/mol. The molecular formula is C41H55S+. The molecule has 0 amide bonds. The van der Waals surface area contributed by atoms with Crippen LogP contribution in [0.2, 0.25) is 0 Å². The smallest absolute Gasteiger partial charge is 0.0537 e. The molecule has 3 aliphatic carbocycles. The van der Waals surface area contributed by atoms with Crippen LogP contribution in [-0.2, 0) is 10.9 Å². The van der Waals surface area contributed by atoms with Gasteiger partial charge in [0.05, 0.1) is 10.9 Å². The van der Waals surface area contributed by atoms with Gasteiger partial charge in [-0.25, -0.2) is 0 Å². The minimum Gasteiger partial charge on any atom is -0.0537 e. The van der Waals surface area contributed by atoms with Crippen molar-refractivity contribution in [2.24, 2.45) is 0 Å². The van der Waals surface area contributed by atoms with Gasteiger partial charge in [0, 0.05) is 0 Å². The summed E-state index contributed by atoms with van der Waals surface area (Å²) < 4.78 is 0. The SMILES string of the molecule is c1cc([S+](c2ccc(C3CCCCCCC3)cc2)c2ccc(C3CCCCCC3)cc2)ccc1C1CCCCCCC1. The molecule has 0 bridgehead atoms. The van der Waals surface area contributed by atoms with Gasteiger partial charge in [0.25, 0.3) is 0 Å². The Morgan fingerprint density at radius 1 is 0.286 bits per heavy atom. The topological polar surface area (TPSA) is 0 Å². The van der Waals surface area contributed by atoms with E-state index in [1.54, 1.807) is 16.7 Å². The summed E-state index contributed by atoms with van der Waals surface area (Å²) in [6.45, 7) is 0. The van der Waals surface area contributed by atoms with E-state index in [1.165, 1.54) is 143 Å². The molecule has 0 heterocycles. The third kappa shape index (κ3) is 7.93. The Hall–Kier alpha value is -1.99. The molecule has 0 radical (unpaired) electrons. The molecule has 3 saturated carbocycles.